The maximum Gasteiger partial charge on any atom is 0.178 e. The Balaban J connectivity index is 0.986. The highest BCUT2D eigenvalue weighted by molar-refractivity contribution is 6.24. The van der Waals surface area contributed by atoms with Crippen molar-refractivity contribution < 1.29 is 8.83 Å². The molecule has 0 unspecified atom stereocenters. The fourth-order valence-corrected chi connectivity index (χ4v) is 8.94. The summed E-state index contributed by atoms with van der Waals surface area (Å²) in [6.07, 6.45) is 0. The molecular formula is C52H30O2. The lowest BCUT2D eigenvalue weighted by molar-refractivity contribution is 0.633. The molecule has 12 aromatic rings. The minimum Gasteiger partial charge on any atom is -0.452 e. The zero-order valence-electron chi connectivity index (χ0n) is 29.1. The van der Waals surface area contributed by atoms with E-state index in [1.807, 2.05) is 18.2 Å². The third kappa shape index (κ3) is 4.22. The van der Waals surface area contributed by atoms with Crippen molar-refractivity contribution in [2.24, 2.45) is 0 Å². The first-order chi connectivity index (χ1) is 26.8. The number of fused-ring (bicyclic) bond motifs is 11. The molecule has 2 aromatic heterocycles. The normalized spacial score (nSPS) is 12.1. The standard InChI is InChI=1S/C52H30O2/c1-2-12-37-32(10-1)11-9-18-39(37)50-42-16-5-3-14-40(42)49(41-15-4-6-17-43(41)50)33-22-20-31(21-23-33)34-24-25-35-30-48-46(29-36(35)28-34)45-27-26-44-38-13-7-8-19-47(38)53-51(44)52(45)54-48/h1-30H. The minimum atomic E-state index is 0.801. The molecule has 0 saturated carbocycles. The van der Waals surface area contributed by atoms with Crippen molar-refractivity contribution in [1.29, 1.82) is 0 Å². The highest BCUT2D eigenvalue weighted by Crippen LogP contribution is 2.46. The molecule has 2 heterocycles. The summed E-state index contributed by atoms with van der Waals surface area (Å²) in [5.41, 5.74) is 10.7. The molecule has 0 N–H and O–H groups in total. The maximum absolute atomic E-state index is 6.49. The van der Waals surface area contributed by atoms with Gasteiger partial charge in [0.15, 0.2) is 11.2 Å². The van der Waals surface area contributed by atoms with Crippen LogP contribution in [0, 0.1) is 0 Å². The van der Waals surface area contributed by atoms with Crippen LogP contribution in [0.3, 0.4) is 0 Å². The number of furan rings is 2. The second-order valence-corrected chi connectivity index (χ2v) is 14.4. The molecule has 0 radical (unpaired) electrons. The van der Waals surface area contributed by atoms with Crippen LogP contribution in [0.2, 0.25) is 0 Å². The van der Waals surface area contributed by atoms with Gasteiger partial charge < -0.3 is 8.83 Å². The molecule has 0 bridgehead atoms. The zero-order chi connectivity index (χ0) is 35.3. The Labute approximate surface area is 310 Å². The number of hydrogen-bond acceptors (Lipinski definition) is 2. The number of rotatable bonds is 3. The Bertz CT molecular complexity index is 3430. The Morgan fingerprint density at radius 3 is 1.56 bits per heavy atom. The predicted octanol–water partition coefficient (Wildman–Crippen LogP) is 15.1. The molecule has 0 atom stereocenters. The molecule has 12 rings (SSSR count). The van der Waals surface area contributed by atoms with Crippen molar-refractivity contribution in [1.82, 2.24) is 0 Å². The number of hydrogen-bond donors (Lipinski definition) is 0. The lowest BCUT2D eigenvalue weighted by atomic mass is 9.84. The van der Waals surface area contributed by atoms with Gasteiger partial charge in [0.05, 0.1) is 0 Å². The van der Waals surface area contributed by atoms with Crippen LogP contribution in [0.4, 0.5) is 0 Å². The fourth-order valence-electron chi connectivity index (χ4n) is 8.94. The highest BCUT2D eigenvalue weighted by Gasteiger charge is 2.19. The van der Waals surface area contributed by atoms with Crippen LogP contribution in [-0.4, -0.2) is 0 Å². The van der Waals surface area contributed by atoms with E-state index >= 15 is 0 Å². The van der Waals surface area contributed by atoms with Crippen molar-refractivity contribution in [2.45, 2.75) is 0 Å². The van der Waals surface area contributed by atoms with Gasteiger partial charge in [0.2, 0.25) is 0 Å². The van der Waals surface area contributed by atoms with Crippen molar-refractivity contribution in [2.75, 3.05) is 0 Å². The van der Waals surface area contributed by atoms with E-state index in [2.05, 4.69) is 164 Å². The molecule has 10 aromatic carbocycles. The topological polar surface area (TPSA) is 26.3 Å². The summed E-state index contributed by atoms with van der Waals surface area (Å²) in [6, 6.07) is 65.9. The lowest BCUT2D eigenvalue weighted by Gasteiger charge is -2.19. The average Bonchev–Trinajstić information content (AvgIpc) is 3.80. The smallest absolute Gasteiger partial charge is 0.178 e. The van der Waals surface area contributed by atoms with E-state index in [1.54, 1.807) is 0 Å². The summed E-state index contributed by atoms with van der Waals surface area (Å²) >= 11 is 0. The molecule has 0 aliphatic carbocycles. The molecular weight excluding hydrogens is 657 g/mol. The Morgan fingerprint density at radius 2 is 0.815 bits per heavy atom. The molecule has 0 saturated heterocycles. The largest absolute Gasteiger partial charge is 0.452 e. The number of para-hydroxylation sites is 1. The van der Waals surface area contributed by atoms with Gasteiger partial charge in [0, 0.05) is 21.5 Å². The molecule has 0 spiro atoms. The second-order valence-electron chi connectivity index (χ2n) is 14.4. The van der Waals surface area contributed by atoms with Crippen molar-refractivity contribution in [3.63, 3.8) is 0 Å². The summed E-state index contributed by atoms with van der Waals surface area (Å²) in [5.74, 6) is 0. The molecule has 250 valence electrons. The third-order valence-corrected chi connectivity index (χ3v) is 11.4. The van der Waals surface area contributed by atoms with Crippen LogP contribution >= 0.6 is 0 Å². The highest BCUT2D eigenvalue weighted by atomic mass is 16.4. The van der Waals surface area contributed by atoms with E-state index in [-0.39, 0.29) is 0 Å². The summed E-state index contributed by atoms with van der Waals surface area (Å²) in [5, 5.41) is 14.2. The van der Waals surface area contributed by atoms with Crippen LogP contribution in [0.5, 0.6) is 0 Å². The first-order valence-corrected chi connectivity index (χ1v) is 18.5. The molecule has 2 heteroatoms. The van der Waals surface area contributed by atoms with Crippen LogP contribution in [0.1, 0.15) is 0 Å². The average molecular weight is 687 g/mol. The van der Waals surface area contributed by atoms with Crippen LogP contribution in [0.25, 0.3) is 120 Å². The SMILES string of the molecule is c1ccc2c(-c3c4ccccc4c(-c4ccc(-c5ccc6cc7oc8c(ccc9c%10ccccc%10oc98)c7cc6c5)cc4)c4ccccc34)cccc2c1. The molecule has 0 fully saturated rings. The second kappa shape index (κ2) is 11.2. The van der Waals surface area contributed by atoms with E-state index in [4.69, 9.17) is 8.83 Å². The van der Waals surface area contributed by atoms with E-state index in [0.717, 1.165) is 49.3 Å². The molecule has 0 aliphatic rings. The monoisotopic (exact) mass is 686 g/mol. The van der Waals surface area contributed by atoms with Crippen molar-refractivity contribution in [3.8, 4) is 33.4 Å². The minimum absolute atomic E-state index is 0.801. The van der Waals surface area contributed by atoms with Crippen molar-refractivity contribution in [3.05, 3.63) is 182 Å². The van der Waals surface area contributed by atoms with Crippen molar-refractivity contribution >= 4 is 87.0 Å². The summed E-state index contributed by atoms with van der Waals surface area (Å²) < 4.78 is 12.8. The van der Waals surface area contributed by atoms with Gasteiger partial charge in [-0.3, -0.25) is 0 Å². The Hall–Kier alpha value is -7.16. The summed E-state index contributed by atoms with van der Waals surface area (Å²) in [7, 11) is 0. The van der Waals surface area contributed by atoms with Gasteiger partial charge in [-0.25, -0.2) is 0 Å². The van der Waals surface area contributed by atoms with Gasteiger partial charge in [-0.2, -0.15) is 0 Å². The first kappa shape index (κ1) is 29.4. The van der Waals surface area contributed by atoms with Gasteiger partial charge in [0.1, 0.15) is 11.2 Å². The van der Waals surface area contributed by atoms with Gasteiger partial charge in [-0.05, 0) is 113 Å². The van der Waals surface area contributed by atoms with Gasteiger partial charge >= 0.3 is 0 Å². The van der Waals surface area contributed by atoms with Crippen LogP contribution in [-0.2, 0) is 0 Å². The summed E-state index contributed by atoms with van der Waals surface area (Å²) in [4.78, 5) is 0. The fraction of sp³-hybridized carbons (Fsp3) is 0. The zero-order valence-corrected chi connectivity index (χ0v) is 29.1. The van der Waals surface area contributed by atoms with Crippen LogP contribution in [0.15, 0.2) is 191 Å². The Morgan fingerprint density at radius 1 is 0.259 bits per heavy atom. The molecule has 0 aliphatic heterocycles. The quantitative estimate of drug-likeness (QED) is 0.173. The van der Waals surface area contributed by atoms with E-state index in [1.165, 1.54) is 71.1 Å². The molecule has 54 heavy (non-hydrogen) atoms. The van der Waals surface area contributed by atoms with E-state index < -0.39 is 0 Å². The van der Waals surface area contributed by atoms with Gasteiger partial charge in [0.25, 0.3) is 0 Å². The first-order valence-electron chi connectivity index (χ1n) is 18.5. The predicted molar refractivity (Wildman–Crippen MR) is 227 cm³/mol. The molecule has 2 nitrogen and oxygen atoms in total. The van der Waals surface area contributed by atoms with Crippen LogP contribution < -0.4 is 0 Å². The maximum atomic E-state index is 6.49. The third-order valence-electron chi connectivity index (χ3n) is 11.4. The molecule has 0 amide bonds. The number of benzene rings is 10. The lowest BCUT2D eigenvalue weighted by Crippen LogP contribution is -1.91. The van der Waals surface area contributed by atoms with E-state index in [9.17, 15) is 0 Å². The Kier molecular flexibility index (Phi) is 6.09. The van der Waals surface area contributed by atoms with Gasteiger partial charge in [-0.15, -0.1) is 0 Å². The van der Waals surface area contributed by atoms with E-state index in [0.29, 0.717) is 0 Å². The summed E-state index contributed by atoms with van der Waals surface area (Å²) in [6.45, 7) is 0. The van der Waals surface area contributed by atoms with Gasteiger partial charge in [-0.1, -0.05) is 146 Å².